The highest BCUT2D eigenvalue weighted by molar-refractivity contribution is 5.97. The monoisotopic (exact) mass is 263 g/mol. The first-order chi connectivity index (χ1) is 9.02. The van der Waals surface area contributed by atoms with E-state index in [1.807, 2.05) is 4.90 Å². The van der Waals surface area contributed by atoms with Crippen LogP contribution in [-0.4, -0.2) is 55.5 Å². The van der Waals surface area contributed by atoms with Gasteiger partial charge in [0.05, 0.1) is 12.7 Å². The molecule has 0 spiro atoms. The number of benzene rings is 1. The molecule has 1 saturated heterocycles. The summed E-state index contributed by atoms with van der Waals surface area (Å²) >= 11 is 0. The van der Waals surface area contributed by atoms with Gasteiger partial charge in [-0.15, -0.1) is 0 Å². The van der Waals surface area contributed by atoms with E-state index in [-0.39, 0.29) is 11.9 Å². The largest absolute Gasteiger partial charge is 0.496 e. The first-order valence-electron chi connectivity index (χ1n) is 6.46. The van der Waals surface area contributed by atoms with Crippen molar-refractivity contribution in [3.8, 4) is 5.75 Å². The Kier molecular flexibility index (Phi) is 3.95. The molecule has 1 atom stereocenters. The Morgan fingerprint density at radius 1 is 1.42 bits per heavy atom. The number of piperazine rings is 1. The molecule has 1 amide bonds. The second-order valence-electron chi connectivity index (χ2n) is 5.07. The van der Waals surface area contributed by atoms with Gasteiger partial charge in [-0.1, -0.05) is 0 Å². The number of amides is 1. The molecule has 5 nitrogen and oxygen atoms in total. The van der Waals surface area contributed by atoms with Gasteiger partial charge in [0.15, 0.2) is 0 Å². The fourth-order valence-electron chi connectivity index (χ4n) is 2.48. The predicted octanol–water partition coefficient (Wildman–Crippen LogP) is 1.05. The quantitative estimate of drug-likeness (QED) is 0.810. The summed E-state index contributed by atoms with van der Waals surface area (Å²) in [6.45, 7) is 4.60. The first-order valence-corrected chi connectivity index (χ1v) is 6.46. The third kappa shape index (κ3) is 2.81. The Hall–Kier alpha value is -1.75. The zero-order valence-corrected chi connectivity index (χ0v) is 11.7. The minimum atomic E-state index is 0.0115. The number of nitrogen functional groups attached to an aromatic ring is 1. The number of carbonyl (C=O) groups excluding carboxylic acids is 1. The van der Waals surface area contributed by atoms with E-state index >= 15 is 0 Å². The summed E-state index contributed by atoms with van der Waals surface area (Å²) in [5, 5.41) is 0. The van der Waals surface area contributed by atoms with Gasteiger partial charge in [-0.25, -0.2) is 0 Å². The van der Waals surface area contributed by atoms with Crippen molar-refractivity contribution in [3.05, 3.63) is 23.8 Å². The van der Waals surface area contributed by atoms with Crippen molar-refractivity contribution in [2.75, 3.05) is 39.5 Å². The van der Waals surface area contributed by atoms with E-state index in [0.717, 1.165) is 19.6 Å². The lowest BCUT2D eigenvalue weighted by Gasteiger charge is -2.38. The predicted molar refractivity (Wildman–Crippen MR) is 75.4 cm³/mol. The van der Waals surface area contributed by atoms with Crippen LogP contribution in [0.15, 0.2) is 18.2 Å². The number of anilines is 1. The van der Waals surface area contributed by atoms with Crippen molar-refractivity contribution in [2.24, 2.45) is 0 Å². The van der Waals surface area contributed by atoms with E-state index in [0.29, 0.717) is 17.0 Å². The number of methoxy groups -OCH3 is 1. The molecule has 0 saturated carbocycles. The van der Waals surface area contributed by atoms with Crippen LogP contribution < -0.4 is 10.5 Å². The molecule has 1 aromatic carbocycles. The van der Waals surface area contributed by atoms with Gasteiger partial charge in [0.1, 0.15) is 5.75 Å². The number of likely N-dealkylation sites (N-methyl/N-ethyl adjacent to an activating group) is 1. The first kappa shape index (κ1) is 13.7. The van der Waals surface area contributed by atoms with Gasteiger partial charge in [0.25, 0.3) is 5.91 Å². The molecule has 5 heteroatoms. The Balaban J connectivity index is 2.24. The summed E-state index contributed by atoms with van der Waals surface area (Å²) in [4.78, 5) is 16.7. The van der Waals surface area contributed by atoms with Crippen LogP contribution in [0.4, 0.5) is 5.69 Å². The third-order valence-corrected chi connectivity index (χ3v) is 3.55. The molecule has 0 aliphatic carbocycles. The fraction of sp³-hybridized carbons (Fsp3) is 0.500. The van der Waals surface area contributed by atoms with Crippen LogP contribution in [0, 0.1) is 0 Å². The zero-order valence-electron chi connectivity index (χ0n) is 11.7. The second kappa shape index (κ2) is 5.48. The maximum atomic E-state index is 12.6. The summed E-state index contributed by atoms with van der Waals surface area (Å²) in [6.07, 6.45) is 0. The van der Waals surface area contributed by atoms with Gasteiger partial charge in [0.2, 0.25) is 0 Å². The lowest BCUT2D eigenvalue weighted by molar-refractivity contribution is 0.0530. The van der Waals surface area contributed by atoms with Crippen molar-refractivity contribution >= 4 is 11.6 Å². The standard InChI is InChI=1S/C14H21N3O2/c1-10-9-16(2)6-7-17(10)14(18)12-5-4-11(15)8-13(12)19-3/h4-5,8,10H,6-7,9,15H2,1-3H3. The van der Waals surface area contributed by atoms with E-state index in [4.69, 9.17) is 10.5 Å². The fourth-order valence-corrected chi connectivity index (χ4v) is 2.48. The van der Waals surface area contributed by atoms with Crippen LogP contribution in [0.3, 0.4) is 0 Å². The molecule has 2 N–H and O–H groups in total. The summed E-state index contributed by atoms with van der Waals surface area (Å²) in [5.41, 5.74) is 6.89. The van der Waals surface area contributed by atoms with Crippen LogP contribution in [-0.2, 0) is 0 Å². The number of nitrogens with zero attached hydrogens (tertiary/aromatic N) is 2. The molecule has 2 rings (SSSR count). The molecule has 0 aromatic heterocycles. The third-order valence-electron chi connectivity index (χ3n) is 3.55. The Labute approximate surface area is 113 Å². The molecule has 19 heavy (non-hydrogen) atoms. The smallest absolute Gasteiger partial charge is 0.257 e. The van der Waals surface area contributed by atoms with Crippen LogP contribution >= 0.6 is 0 Å². The molecule has 1 aliphatic rings. The maximum absolute atomic E-state index is 12.6. The van der Waals surface area contributed by atoms with E-state index < -0.39 is 0 Å². The normalized spacial score (nSPS) is 20.4. The van der Waals surface area contributed by atoms with Crippen molar-refractivity contribution in [1.29, 1.82) is 0 Å². The summed E-state index contributed by atoms with van der Waals surface area (Å²) in [5.74, 6) is 0.550. The lowest BCUT2D eigenvalue weighted by atomic mass is 10.1. The second-order valence-corrected chi connectivity index (χ2v) is 5.07. The SMILES string of the molecule is COc1cc(N)ccc1C(=O)N1CCN(C)CC1C. The molecular formula is C14H21N3O2. The van der Waals surface area contributed by atoms with Crippen molar-refractivity contribution in [1.82, 2.24) is 9.80 Å². The van der Waals surface area contributed by atoms with Gasteiger partial charge in [-0.2, -0.15) is 0 Å². The molecule has 1 unspecified atom stereocenters. The van der Waals surface area contributed by atoms with Crippen molar-refractivity contribution < 1.29 is 9.53 Å². The van der Waals surface area contributed by atoms with Gasteiger partial charge in [0, 0.05) is 37.4 Å². The Morgan fingerprint density at radius 2 is 2.16 bits per heavy atom. The van der Waals surface area contributed by atoms with Crippen molar-refractivity contribution in [2.45, 2.75) is 13.0 Å². The summed E-state index contributed by atoms with van der Waals surface area (Å²) < 4.78 is 5.26. The highest BCUT2D eigenvalue weighted by atomic mass is 16.5. The molecule has 1 aliphatic heterocycles. The minimum absolute atomic E-state index is 0.0115. The van der Waals surface area contributed by atoms with Gasteiger partial charge in [-0.05, 0) is 26.1 Å². The Bertz CT molecular complexity index is 476. The van der Waals surface area contributed by atoms with E-state index in [1.54, 1.807) is 25.3 Å². The molecule has 1 aromatic rings. The number of hydrogen-bond donors (Lipinski definition) is 1. The summed E-state index contributed by atoms with van der Waals surface area (Å²) in [6, 6.07) is 5.36. The van der Waals surface area contributed by atoms with Crippen LogP contribution in [0.1, 0.15) is 17.3 Å². The highest BCUT2D eigenvalue weighted by Crippen LogP contribution is 2.24. The molecule has 1 heterocycles. The molecule has 0 radical (unpaired) electrons. The van der Waals surface area contributed by atoms with Crippen LogP contribution in [0.25, 0.3) is 0 Å². The van der Waals surface area contributed by atoms with Gasteiger partial charge >= 0.3 is 0 Å². The molecular weight excluding hydrogens is 242 g/mol. The number of carbonyl (C=O) groups is 1. The molecule has 0 bridgehead atoms. The maximum Gasteiger partial charge on any atom is 0.257 e. The minimum Gasteiger partial charge on any atom is -0.496 e. The number of hydrogen-bond acceptors (Lipinski definition) is 4. The van der Waals surface area contributed by atoms with Gasteiger partial charge < -0.3 is 20.3 Å². The van der Waals surface area contributed by atoms with E-state index in [1.165, 1.54) is 0 Å². The van der Waals surface area contributed by atoms with E-state index in [2.05, 4.69) is 18.9 Å². The lowest BCUT2D eigenvalue weighted by Crippen LogP contribution is -2.52. The van der Waals surface area contributed by atoms with E-state index in [9.17, 15) is 4.79 Å². The summed E-state index contributed by atoms with van der Waals surface area (Å²) in [7, 11) is 3.63. The Morgan fingerprint density at radius 3 is 2.79 bits per heavy atom. The number of nitrogens with two attached hydrogens (primary N) is 1. The van der Waals surface area contributed by atoms with Crippen LogP contribution in [0.2, 0.25) is 0 Å². The van der Waals surface area contributed by atoms with Gasteiger partial charge in [-0.3, -0.25) is 4.79 Å². The zero-order chi connectivity index (χ0) is 14.0. The number of rotatable bonds is 2. The number of ether oxygens (including phenoxy) is 1. The molecule has 1 fully saturated rings. The average molecular weight is 263 g/mol. The van der Waals surface area contributed by atoms with Crippen molar-refractivity contribution in [3.63, 3.8) is 0 Å². The topological polar surface area (TPSA) is 58.8 Å². The molecule has 104 valence electrons. The van der Waals surface area contributed by atoms with Crippen LogP contribution in [0.5, 0.6) is 5.75 Å². The average Bonchev–Trinajstić information content (AvgIpc) is 2.37. The highest BCUT2D eigenvalue weighted by Gasteiger charge is 2.28.